The Bertz CT molecular complexity index is 1030. The lowest BCUT2D eigenvalue weighted by atomic mass is 10.1. The second-order valence-electron chi connectivity index (χ2n) is 9.97. The van der Waals surface area contributed by atoms with Crippen LogP contribution in [-0.4, -0.2) is 24.0 Å². The van der Waals surface area contributed by atoms with Crippen LogP contribution < -0.4 is 9.47 Å². The number of ether oxygens (including phenoxy) is 3. The normalized spacial score (nSPS) is 11.6. The van der Waals surface area contributed by atoms with E-state index in [9.17, 15) is 18.8 Å². The number of unbranched alkanes of at least 4 members (excludes halogenated alkanes) is 9. The Morgan fingerprint density at radius 3 is 1.95 bits per heavy atom. The highest BCUT2D eigenvalue weighted by atomic mass is 19.1. The van der Waals surface area contributed by atoms with Crippen LogP contribution in [0, 0.1) is 5.82 Å². The van der Waals surface area contributed by atoms with Crippen LogP contribution >= 0.6 is 0 Å². The first-order valence-corrected chi connectivity index (χ1v) is 14.4. The van der Waals surface area contributed by atoms with Gasteiger partial charge in [-0.25, -0.2) is 14.0 Å². The molecule has 0 aliphatic rings. The summed E-state index contributed by atoms with van der Waals surface area (Å²) in [5.74, 6) is -2.52. The van der Waals surface area contributed by atoms with Crippen LogP contribution in [0.1, 0.15) is 125 Å². The average Bonchev–Trinajstić information content (AvgIpc) is 2.92. The topological polar surface area (TPSA) is 78.9 Å². The SMILES string of the molecule is CCCCCCCCCC(=O)Oc1ccc(C(=O)Oc2ccc(C(=O)OC(C)CCCCCC)cc2F)cc1. The molecule has 7 heteroatoms. The highest BCUT2D eigenvalue weighted by Gasteiger charge is 2.17. The van der Waals surface area contributed by atoms with Gasteiger partial charge < -0.3 is 14.2 Å². The van der Waals surface area contributed by atoms with Crippen molar-refractivity contribution in [3.8, 4) is 11.5 Å². The molecule has 0 N–H and O–H groups in total. The molecular formula is C32H43FO6. The summed E-state index contributed by atoms with van der Waals surface area (Å²) < 4.78 is 30.5. The van der Waals surface area contributed by atoms with Crippen LogP contribution in [0.4, 0.5) is 4.39 Å². The molecule has 2 rings (SSSR count). The Hall–Kier alpha value is -3.22. The summed E-state index contributed by atoms with van der Waals surface area (Å²) in [6.07, 6.45) is 13.0. The molecule has 0 aliphatic carbocycles. The number of hydrogen-bond donors (Lipinski definition) is 0. The summed E-state index contributed by atoms with van der Waals surface area (Å²) in [5.41, 5.74) is 0.219. The molecule has 39 heavy (non-hydrogen) atoms. The molecule has 0 fully saturated rings. The van der Waals surface area contributed by atoms with Crippen LogP contribution in [0.3, 0.4) is 0 Å². The van der Waals surface area contributed by atoms with Gasteiger partial charge in [0.15, 0.2) is 11.6 Å². The minimum absolute atomic E-state index is 0.0513. The Balaban J connectivity index is 1.80. The number of hydrogen-bond acceptors (Lipinski definition) is 6. The summed E-state index contributed by atoms with van der Waals surface area (Å²) in [5, 5.41) is 0. The molecule has 0 heterocycles. The van der Waals surface area contributed by atoms with E-state index in [0.29, 0.717) is 12.2 Å². The molecule has 0 radical (unpaired) electrons. The quantitative estimate of drug-likeness (QED) is 0.107. The summed E-state index contributed by atoms with van der Waals surface area (Å²) in [6, 6.07) is 9.49. The lowest BCUT2D eigenvalue weighted by Gasteiger charge is -2.13. The molecule has 0 aliphatic heterocycles. The van der Waals surface area contributed by atoms with E-state index in [1.165, 1.54) is 62.1 Å². The van der Waals surface area contributed by atoms with Gasteiger partial charge in [-0.05, 0) is 68.7 Å². The second kappa shape index (κ2) is 18.1. The molecule has 0 spiro atoms. The van der Waals surface area contributed by atoms with Crippen molar-refractivity contribution in [1.82, 2.24) is 0 Å². The summed E-state index contributed by atoms with van der Waals surface area (Å²) in [6.45, 7) is 6.13. The third-order valence-electron chi connectivity index (χ3n) is 6.45. The van der Waals surface area contributed by atoms with Gasteiger partial charge >= 0.3 is 17.9 Å². The van der Waals surface area contributed by atoms with Crippen LogP contribution in [0.15, 0.2) is 42.5 Å². The molecule has 0 saturated carbocycles. The van der Waals surface area contributed by atoms with Crippen LogP contribution in [0.25, 0.3) is 0 Å². The van der Waals surface area contributed by atoms with Crippen LogP contribution in [0.2, 0.25) is 0 Å². The van der Waals surface area contributed by atoms with Crippen molar-refractivity contribution >= 4 is 17.9 Å². The molecule has 1 atom stereocenters. The van der Waals surface area contributed by atoms with E-state index >= 15 is 0 Å². The largest absolute Gasteiger partial charge is 0.459 e. The highest BCUT2D eigenvalue weighted by Crippen LogP contribution is 2.22. The van der Waals surface area contributed by atoms with Gasteiger partial charge in [-0.1, -0.05) is 71.6 Å². The second-order valence-corrected chi connectivity index (χ2v) is 9.97. The van der Waals surface area contributed by atoms with Crippen molar-refractivity contribution < 1.29 is 33.0 Å². The first kappa shape index (κ1) is 32.0. The zero-order chi connectivity index (χ0) is 28.5. The number of esters is 3. The number of benzene rings is 2. The molecule has 0 amide bonds. The number of rotatable bonds is 18. The van der Waals surface area contributed by atoms with Crippen molar-refractivity contribution in [1.29, 1.82) is 0 Å². The van der Waals surface area contributed by atoms with Gasteiger partial charge in [0.25, 0.3) is 0 Å². The Labute approximate surface area is 232 Å². The highest BCUT2D eigenvalue weighted by molar-refractivity contribution is 5.92. The lowest BCUT2D eigenvalue weighted by molar-refractivity contribution is -0.134. The molecule has 0 saturated heterocycles. The first-order chi connectivity index (χ1) is 18.8. The maximum absolute atomic E-state index is 14.6. The fraction of sp³-hybridized carbons (Fsp3) is 0.531. The molecule has 2 aromatic carbocycles. The summed E-state index contributed by atoms with van der Waals surface area (Å²) in [7, 11) is 0. The Morgan fingerprint density at radius 2 is 1.31 bits per heavy atom. The maximum atomic E-state index is 14.6. The molecule has 2 aromatic rings. The van der Waals surface area contributed by atoms with Gasteiger partial charge in [0.05, 0.1) is 17.2 Å². The number of carbonyl (C=O) groups is 3. The van der Waals surface area contributed by atoms with E-state index in [-0.39, 0.29) is 28.9 Å². The lowest BCUT2D eigenvalue weighted by Crippen LogP contribution is -2.15. The standard InChI is InChI=1S/C32H43FO6/c1-4-6-8-10-11-12-14-16-30(34)38-27-20-17-25(18-21-27)31(35)39-29-22-19-26(23-28(29)33)32(36)37-24(3)15-13-9-7-5-2/h17-24H,4-16H2,1-3H3. The van der Waals surface area contributed by atoms with Gasteiger partial charge in [0.2, 0.25) is 0 Å². The number of halogens is 1. The molecule has 0 bridgehead atoms. The van der Waals surface area contributed by atoms with Gasteiger partial charge in [0.1, 0.15) is 5.75 Å². The third-order valence-corrected chi connectivity index (χ3v) is 6.45. The minimum atomic E-state index is -0.843. The van der Waals surface area contributed by atoms with E-state index in [4.69, 9.17) is 14.2 Å². The molecule has 0 aromatic heterocycles. The molecule has 1 unspecified atom stereocenters. The summed E-state index contributed by atoms with van der Waals surface area (Å²) in [4.78, 5) is 36.9. The van der Waals surface area contributed by atoms with E-state index < -0.39 is 17.8 Å². The predicted molar refractivity (Wildman–Crippen MR) is 150 cm³/mol. The minimum Gasteiger partial charge on any atom is -0.459 e. The van der Waals surface area contributed by atoms with Gasteiger partial charge in [0, 0.05) is 6.42 Å². The zero-order valence-corrected chi connectivity index (χ0v) is 23.6. The Morgan fingerprint density at radius 1 is 0.718 bits per heavy atom. The van der Waals surface area contributed by atoms with Crippen molar-refractivity contribution in [2.24, 2.45) is 0 Å². The van der Waals surface area contributed by atoms with E-state index in [2.05, 4.69) is 13.8 Å². The average molecular weight is 543 g/mol. The smallest absolute Gasteiger partial charge is 0.343 e. The van der Waals surface area contributed by atoms with Crippen molar-refractivity contribution in [3.63, 3.8) is 0 Å². The first-order valence-electron chi connectivity index (χ1n) is 14.4. The van der Waals surface area contributed by atoms with Crippen molar-refractivity contribution in [2.45, 2.75) is 110 Å². The Kier molecular flexibility index (Phi) is 14.9. The third kappa shape index (κ3) is 12.5. The van der Waals surface area contributed by atoms with E-state index in [1.807, 2.05) is 6.92 Å². The fourth-order valence-corrected chi connectivity index (χ4v) is 4.11. The van der Waals surface area contributed by atoms with Crippen molar-refractivity contribution in [2.75, 3.05) is 0 Å². The number of carbonyl (C=O) groups excluding carboxylic acids is 3. The van der Waals surface area contributed by atoms with Gasteiger partial charge in [-0.2, -0.15) is 0 Å². The van der Waals surface area contributed by atoms with E-state index in [0.717, 1.165) is 57.4 Å². The van der Waals surface area contributed by atoms with Crippen molar-refractivity contribution in [3.05, 3.63) is 59.4 Å². The summed E-state index contributed by atoms with van der Waals surface area (Å²) >= 11 is 0. The molecule has 214 valence electrons. The monoisotopic (exact) mass is 542 g/mol. The van der Waals surface area contributed by atoms with E-state index in [1.54, 1.807) is 0 Å². The van der Waals surface area contributed by atoms with Crippen LogP contribution in [0.5, 0.6) is 11.5 Å². The van der Waals surface area contributed by atoms with Gasteiger partial charge in [-0.15, -0.1) is 0 Å². The predicted octanol–water partition coefficient (Wildman–Crippen LogP) is 8.61. The molecule has 6 nitrogen and oxygen atoms in total. The molecular weight excluding hydrogens is 499 g/mol. The van der Waals surface area contributed by atoms with Gasteiger partial charge in [-0.3, -0.25) is 4.79 Å². The maximum Gasteiger partial charge on any atom is 0.343 e. The van der Waals surface area contributed by atoms with Crippen LogP contribution in [-0.2, 0) is 9.53 Å². The fourth-order valence-electron chi connectivity index (χ4n) is 4.11. The zero-order valence-electron chi connectivity index (χ0n) is 23.6.